The summed E-state index contributed by atoms with van der Waals surface area (Å²) in [7, 11) is 0. The number of hydrogen-bond donors (Lipinski definition) is 1. The molecule has 2 aromatic carbocycles. The van der Waals surface area contributed by atoms with Gasteiger partial charge < -0.3 is 9.46 Å². The number of nitrogens with one attached hydrogen (secondary N) is 1. The lowest BCUT2D eigenvalue weighted by Crippen LogP contribution is -2.52. The average molecular weight is 675 g/mol. The van der Waals surface area contributed by atoms with Crippen LogP contribution in [0.4, 0.5) is 23.7 Å². The number of hydrogen-bond acceptors (Lipinski definition) is 9. The number of nitrogens with zero attached hydrogens (tertiary/aromatic N) is 5. The smallest absolute Gasteiger partial charge is 0.410 e. The van der Waals surface area contributed by atoms with Crippen LogP contribution in [0.1, 0.15) is 44.7 Å². The van der Waals surface area contributed by atoms with Crippen LogP contribution in [0.25, 0.3) is 21.8 Å². The Bertz CT molecular complexity index is 1730. The van der Waals surface area contributed by atoms with E-state index in [2.05, 4.69) is 19.6 Å². The highest BCUT2D eigenvalue weighted by Gasteiger charge is 2.41. The number of carbonyl (C=O) groups excluding carboxylic acids is 1. The molecule has 0 spiro atoms. The predicted molar refractivity (Wildman–Crippen MR) is 170 cm³/mol. The molecule has 1 saturated heterocycles. The topological polar surface area (TPSA) is 83.5 Å². The van der Waals surface area contributed by atoms with Crippen molar-refractivity contribution in [3.8, 4) is 21.8 Å². The number of ether oxygens (including phenoxy) is 1. The molecule has 1 amide bonds. The fourth-order valence-corrected chi connectivity index (χ4v) is 7.10. The van der Waals surface area contributed by atoms with Gasteiger partial charge in [-0.3, -0.25) is 9.80 Å². The van der Waals surface area contributed by atoms with Crippen LogP contribution < -0.4 is 4.72 Å². The van der Waals surface area contributed by atoms with E-state index in [9.17, 15) is 13.6 Å². The van der Waals surface area contributed by atoms with E-state index in [0.29, 0.717) is 40.4 Å². The van der Waals surface area contributed by atoms with E-state index in [1.54, 1.807) is 23.1 Å². The molecule has 14 heteroatoms. The highest BCUT2D eigenvalue weighted by molar-refractivity contribution is 8.00. The largest absolute Gasteiger partial charge is 0.444 e. The minimum Gasteiger partial charge on any atom is -0.444 e. The van der Waals surface area contributed by atoms with Gasteiger partial charge in [0.05, 0.1) is 32.9 Å². The van der Waals surface area contributed by atoms with Gasteiger partial charge in [0.1, 0.15) is 22.2 Å². The molecule has 4 aromatic rings. The molecular weight excluding hydrogens is 645 g/mol. The van der Waals surface area contributed by atoms with E-state index in [1.165, 1.54) is 23.6 Å². The molecule has 1 saturated carbocycles. The summed E-state index contributed by atoms with van der Waals surface area (Å²) in [5.74, 6) is -1.89. The van der Waals surface area contributed by atoms with Crippen LogP contribution in [-0.4, -0.2) is 62.1 Å². The molecule has 0 bridgehead atoms. The van der Waals surface area contributed by atoms with Crippen LogP contribution in [0.5, 0.6) is 0 Å². The van der Waals surface area contributed by atoms with Crippen molar-refractivity contribution in [2.45, 2.75) is 56.2 Å². The third kappa shape index (κ3) is 7.21. The molecule has 2 aliphatic rings. The van der Waals surface area contributed by atoms with Crippen molar-refractivity contribution in [1.29, 1.82) is 0 Å². The van der Waals surface area contributed by atoms with Crippen molar-refractivity contribution in [1.82, 2.24) is 24.8 Å². The molecule has 8 nitrogen and oxygen atoms in total. The molecule has 3 heterocycles. The first-order valence-electron chi connectivity index (χ1n) is 14.4. The summed E-state index contributed by atoms with van der Waals surface area (Å²) in [6.45, 7) is 7.21. The molecular formula is C31H30ClF3N6O2S2. The molecule has 1 unspecified atom stereocenters. The maximum absolute atomic E-state index is 16.2. The molecule has 2 fully saturated rings. The van der Waals surface area contributed by atoms with Gasteiger partial charge in [-0.1, -0.05) is 6.07 Å². The van der Waals surface area contributed by atoms with Crippen molar-refractivity contribution in [2.75, 3.05) is 24.4 Å². The number of anilines is 1. The Morgan fingerprint density at radius 2 is 1.91 bits per heavy atom. The summed E-state index contributed by atoms with van der Waals surface area (Å²) in [5.41, 5.74) is 0.276. The number of carbonyl (C=O) groups is 1. The Labute approximate surface area is 272 Å². The van der Waals surface area contributed by atoms with Crippen LogP contribution in [0.2, 0.25) is 5.28 Å². The van der Waals surface area contributed by atoms with Gasteiger partial charge in [0.15, 0.2) is 5.82 Å². The Hall–Kier alpha value is -3.39. The number of piperazine rings is 1. The van der Waals surface area contributed by atoms with Gasteiger partial charge in [-0.2, -0.15) is 0 Å². The lowest BCUT2D eigenvalue weighted by molar-refractivity contribution is -0.00311. The third-order valence-corrected chi connectivity index (χ3v) is 9.52. The summed E-state index contributed by atoms with van der Waals surface area (Å²) in [6.07, 6.45) is 3.28. The fraction of sp³-hybridized carbons (Fsp3) is 0.355. The van der Waals surface area contributed by atoms with Gasteiger partial charge in [0.2, 0.25) is 5.28 Å². The summed E-state index contributed by atoms with van der Waals surface area (Å²) in [6, 6.07) is 9.47. The second-order valence-corrected chi connectivity index (χ2v) is 14.0. The van der Waals surface area contributed by atoms with Crippen molar-refractivity contribution < 1.29 is 22.7 Å². The number of halogens is 4. The SMILES string of the molecule is CC(C)(C)OC(=O)N1CCN(C2CC2)CC1c1nc(-c2cccc(NSc3cc(F)ccc3F)c2F)c(-c2ccnc(Cl)n2)s1. The summed E-state index contributed by atoms with van der Waals surface area (Å²) in [4.78, 5) is 31.3. The molecule has 6 rings (SSSR count). The number of thiazole rings is 1. The quantitative estimate of drug-likeness (QED) is 0.155. The summed E-state index contributed by atoms with van der Waals surface area (Å²) >= 11 is 8.22. The Morgan fingerprint density at radius 1 is 1.11 bits per heavy atom. The lowest BCUT2D eigenvalue weighted by atomic mass is 10.1. The van der Waals surface area contributed by atoms with Crippen molar-refractivity contribution in [3.05, 3.63) is 76.4 Å². The third-order valence-electron chi connectivity index (χ3n) is 7.31. The van der Waals surface area contributed by atoms with Gasteiger partial charge in [-0.25, -0.2) is 32.9 Å². The van der Waals surface area contributed by atoms with Gasteiger partial charge in [0, 0.05) is 37.4 Å². The van der Waals surface area contributed by atoms with Gasteiger partial charge in [0.25, 0.3) is 0 Å². The predicted octanol–water partition coefficient (Wildman–Crippen LogP) is 8.21. The first-order valence-corrected chi connectivity index (χ1v) is 16.4. The zero-order chi connectivity index (χ0) is 31.9. The molecule has 2 aromatic heterocycles. The van der Waals surface area contributed by atoms with Crippen molar-refractivity contribution in [2.24, 2.45) is 0 Å². The van der Waals surface area contributed by atoms with Gasteiger partial charge in [-0.05, 0) is 93.6 Å². The van der Waals surface area contributed by atoms with E-state index in [4.69, 9.17) is 21.3 Å². The average Bonchev–Trinajstić information content (AvgIpc) is 3.75. The van der Waals surface area contributed by atoms with E-state index in [1.807, 2.05) is 20.8 Å². The van der Waals surface area contributed by atoms with Gasteiger partial charge in [-0.15, -0.1) is 11.3 Å². The normalized spacial score (nSPS) is 17.4. The Kier molecular flexibility index (Phi) is 8.97. The van der Waals surface area contributed by atoms with E-state index in [-0.39, 0.29) is 21.4 Å². The van der Waals surface area contributed by atoms with Crippen molar-refractivity contribution >= 4 is 46.7 Å². The number of aromatic nitrogens is 3. The van der Waals surface area contributed by atoms with E-state index in [0.717, 1.165) is 49.5 Å². The zero-order valence-corrected chi connectivity index (χ0v) is 27.1. The number of benzene rings is 2. The second-order valence-electron chi connectivity index (χ2n) is 11.8. The van der Waals surface area contributed by atoms with Crippen LogP contribution in [0.3, 0.4) is 0 Å². The Balaban J connectivity index is 1.40. The Morgan fingerprint density at radius 3 is 2.64 bits per heavy atom. The number of amides is 1. The molecule has 236 valence electrons. The standard InChI is InChI=1S/C31H30ClF3N6O2S2/c1-31(2,3)43-30(42)41-14-13-40(18-8-9-18)16-23(41)28-38-26(27(44-28)22-11-12-36-29(32)37-22)19-5-4-6-21(25(19)35)39-45-24-15-17(33)7-10-20(24)34/h4-7,10-12,15,18,23,39H,8-9,13-14,16H2,1-3H3. The van der Waals surface area contributed by atoms with E-state index >= 15 is 4.39 Å². The maximum Gasteiger partial charge on any atom is 0.410 e. The van der Waals surface area contributed by atoms with Crippen LogP contribution in [-0.2, 0) is 4.74 Å². The first kappa shape index (κ1) is 31.6. The highest BCUT2D eigenvalue weighted by atomic mass is 35.5. The zero-order valence-electron chi connectivity index (χ0n) is 24.7. The van der Waals surface area contributed by atoms with Gasteiger partial charge >= 0.3 is 6.09 Å². The fourth-order valence-electron chi connectivity index (χ4n) is 5.08. The highest BCUT2D eigenvalue weighted by Crippen LogP contribution is 2.43. The van der Waals surface area contributed by atoms with E-state index < -0.39 is 35.2 Å². The summed E-state index contributed by atoms with van der Waals surface area (Å²) < 4.78 is 52.7. The molecule has 1 atom stereocenters. The minimum atomic E-state index is -0.685. The maximum atomic E-state index is 16.2. The molecule has 1 aliphatic carbocycles. The molecule has 1 aliphatic heterocycles. The monoisotopic (exact) mass is 674 g/mol. The second kappa shape index (κ2) is 12.8. The molecule has 45 heavy (non-hydrogen) atoms. The summed E-state index contributed by atoms with van der Waals surface area (Å²) in [5, 5.41) is 0.616. The van der Waals surface area contributed by atoms with Crippen LogP contribution >= 0.6 is 34.9 Å². The molecule has 1 N–H and O–H groups in total. The first-order chi connectivity index (χ1) is 21.5. The number of rotatable bonds is 7. The van der Waals surface area contributed by atoms with Crippen molar-refractivity contribution in [3.63, 3.8) is 0 Å². The lowest BCUT2D eigenvalue weighted by Gasteiger charge is -2.41. The minimum absolute atomic E-state index is 0.0192. The van der Waals surface area contributed by atoms with Crippen LogP contribution in [0.15, 0.2) is 53.6 Å². The van der Waals surface area contributed by atoms with Crippen LogP contribution in [0, 0.1) is 17.5 Å². The molecule has 0 radical (unpaired) electrons.